The molecule has 35 heavy (non-hydrogen) atoms. The first-order chi connectivity index (χ1) is 16.9. The summed E-state index contributed by atoms with van der Waals surface area (Å²) < 4.78 is 0. The second-order valence-corrected chi connectivity index (χ2v) is 8.64. The molecule has 0 atom stereocenters. The Bertz CT molecular complexity index is 1270. The van der Waals surface area contributed by atoms with Gasteiger partial charge in [-0.1, -0.05) is 54.1 Å². The second kappa shape index (κ2) is 11.0. The van der Waals surface area contributed by atoms with Crippen molar-refractivity contribution in [1.29, 1.82) is 0 Å². The Kier molecular flexibility index (Phi) is 7.60. The van der Waals surface area contributed by atoms with E-state index in [0.29, 0.717) is 27.3 Å². The van der Waals surface area contributed by atoms with Crippen molar-refractivity contribution in [2.45, 2.75) is 25.4 Å². The lowest BCUT2D eigenvalue weighted by Crippen LogP contribution is -2.26. The first-order valence-corrected chi connectivity index (χ1v) is 11.5. The highest BCUT2D eigenvalue weighted by atomic mass is 35.5. The van der Waals surface area contributed by atoms with Crippen LogP contribution >= 0.6 is 11.6 Å². The smallest absolute Gasteiger partial charge is 0.274 e. The Hall–Kier alpha value is -3.94. The average Bonchev–Trinajstić information content (AvgIpc) is 3.70. The summed E-state index contributed by atoms with van der Waals surface area (Å²) in [5, 5.41) is 15.0. The van der Waals surface area contributed by atoms with Crippen molar-refractivity contribution in [3.05, 3.63) is 106 Å². The van der Waals surface area contributed by atoms with Gasteiger partial charge in [0.25, 0.3) is 17.7 Å². The molecule has 4 rings (SSSR count). The first-order valence-electron chi connectivity index (χ1n) is 11.1. The number of hydroxylamine groups is 1. The summed E-state index contributed by atoms with van der Waals surface area (Å²) in [7, 11) is 0. The number of rotatable bonds is 8. The van der Waals surface area contributed by atoms with Crippen molar-refractivity contribution >= 4 is 41.0 Å². The van der Waals surface area contributed by atoms with E-state index in [4.69, 9.17) is 16.8 Å². The van der Waals surface area contributed by atoms with E-state index in [2.05, 4.69) is 10.6 Å². The van der Waals surface area contributed by atoms with Gasteiger partial charge < -0.3 is 10.6 Å². The fourth-order valence-corrected chi connectivity index (χ4v) is 3.69. The van der Waals surface area contributed by atoms with Crippen LogP contribution in [-0.4, -0.2) is 29.0 Å². The molecule has 1 aliphatic carbocycles. The van der Waals surface area contributed by atoms with Gasteiger partial charge in [-0.3, -0.25) is 19.6 Å². The maximum absolute atomic E-state index is 12.9. The number of hydrogen-bond acceptors (Lipinski definition) is 4. The van der Waals surface area contributed by atoms with Crippen LogP contribution in [0.3, 0.4) is 0 Å². The molecule has 8 heteroatoms. The Morgan fingerprint density at radius 1 is 0.886 bits per heavy atom. The second-order valence-electron chi connectivity index (χ2n) is 8.23. The fraction of sp³-hybridized carbons (Fsp3) is 0.148. The van der Waals surface area contributed by atoms with E-state index in [9.17, 15) is 14.4 Å². The third kappa shape index (κ3) is 6.35. The summed E-state index contributed by atoms with van der Waals surface area (Å²) >= 11 is 6.36. The molecule has 0 bridgehead atoms. The van der Waals surface area contributed by atoms with Gasteiger partial charge in [0.15, 0.2) is 0 Å². The molecular weight excluding hydrogens is 466 g/mol. The normalized spacial score (nSPS) is 13.1. The number of amides is 3. The molecule has 0 aromatic heterocycles. The van der Waals surface area contributed by atoms with Crippen LogP contribution in [0.2, 0.25) is 5.02 Å². The fourth-order valence-electron chi connectivity index (χ4n) is 3.46. The van der Waals surface area contributed by atoms with Crippen LogP contribution in [0, 0.1) is 0 Å². The lowest BCUT2D eigenvalue weighted by Gasteiger charge is -2.11. The summed E-state index contributed by atoms with van der Waals surface area (Å²) in [4.78, 5) is 36.8. The number of carbonyl (C=O) groups is 3. The summed E-state index contributed by atoms with van der Waals surface area (Å²) in [5.74, 6) is -1.03. The highest BCUT2D eigenvalue weighted by Gasteiger charge is 2.25. The van der Waals surface area contributed by atoms with Crippen LogP contribution in [0.4, 0.5) is 0 Å². The Labute approximate surface area is 207 Å². The zero-order chi connectivity index (χ0) is 24.8. The minimum absolute atomic E-state index is 0.176. The largest absolute Gasteiger partial charge is 0.349 e. The van der Waals surface area contributed by atoms with Crippen LogP contribution < -0.4 is 16.1 Å². The molecule has 0 heterocycles. The van der Waals surface area contributed by atoms with E-state index >= 15 is 0 Å². The molecule has 0 saturated heterocycles. The summed E-state index contributed by atoms with van der Waals surface area (Å²) in [6.07, 6.45) is 3.73. The topological polar surface area (TPSA) is 108 Å². The zero-order valence-corrected chi connectivity index (χ0v) is 19.5. The lowest BCUT2D eigenvalue weighted by atomic mass is 10.0. The molecule has 3 aromatic rings. The molecule has 0 aliphatic heterocycles. The standard InChI is InChI=1S/C27H24ClN3O4/c28-24-4-2-1-3-22(24)23(27(34)30-21-13-14-21)15-17-5-9-19(10-6-17)25(32)29-16-18-7-11-20(12-8-18)26(33)31-35/h1-12,15,21,35H,13-14,16H2,(H,29,32)(H,30,34)(H,31,33)/b23-15-. The molecule has 0 radical (unpaired) electrons. The summed E-state index contributed by atoms with van der Waals surface area (Å²) in [6, 6.07) is 20.9. The molecule has 4 N–H and O–H groups in total. The Morgan fingerprint density at radius 2 is 1.51 bits per heavy atom. The maximum Gasteiger partial charge on any atom is 0.274 e. The lowest BCUT2D eigenvalue weighted by molar-refractivity contribution is -0.115. The van der Waals surface area contributed by atoms with Crippen molar-refractivity contribution in [2.24, 2.45) is 0 Å². The van der Waals surface area contributed by atoms with Crippen LogP contribution in [-0.2, 0) is 11.3 Å². The SMILES string of the molecule is O=C(NC1CC1)/C(=C\c1ccc(C(=O)NCc2ccc(C(=O)NO)cc2)cc1)c1ccccc1Cl. The van der Waals surface area contributed by atoms with Gasteiger partial charge in [-0.25, -0.2) is 5.48 Å². The first kappa shape index (κ1) is 24.2. The number of hydrogen-bond donors (Lipinski definition) is 4. The van der Waals surface area contributed by atoms with E-state index in [-0.39, 0.29) is 24.4 Å². The molecule has 0 spiro atoms. The van der Waals surface area contributed by atoms with Crippen LogP contribution in [0.25, 0.3) is 11.6 Å². The minimum Gasteiger partial charge on any atom is -0.349 e. The van der Waals surface area contributed by atoms with Crippen molar-refractivity contribution < 1.29 is 19.6 Å². The van der Waals surface area contributed by atoms with E-state index in [0.717, 1.165) is 24.0 Å². The number of halogens is 1. The van der Waals surface area contributed by atoms with Crippen LogP contribution in [0.15, 0.2) is 72.8 Å². The predicted molar refractivity (Wildman–Crippen MR) is 134 cm³/mol. The molecule has 3 amide bonds. The number of benzene rings is 3. The highest BCUT2D eigenvalue weighted by molar-refractivity contribution is 6.36. The van der Waals surface area contributed by atoms with Gasteiger partial charge in [0, 0.05) is 39.9 Å². The van der Waals surface area contributed by atoms with Gasteiger partial charge in [0.2, 0.25) is 0 Å². The molecule has 1 aliphatic rings. The van der Waals surface area contributed by atoms with Crippen molar-refractivity contribution in [3.8, 4) is 0 Å². The molecule has 7 nitrogen and oxygen atoms in total. The number of nitrogens with one attached hydrogen (secondary N) is 3. The van der Waals surface area contributed by atoms with Gasteiger partial charge in [-0.15, -0.1) is 0 Å². The monoisotopic (exact) mass is 489 g/mol. The molecular formula is C27H24ClN3O4. The zero-order valence-electron chi connectivity index (χ0n) is 18.8. The van der Waals surface area contributed by atoms with Crippen LogP contribution in [0.5, 0.6) is 0 Å². The minimum atomic E-state index is -0.600. The van der Waals surface area contributed by atoms with Gasteiger partial charge in [-0.05, 0) is 60.4 Å². The van der Waals surface area contributed by atoms with E-state index in [1.54, 1.807) is 66.2 Å². The summed E-state index contributed by atoms with van der Waals surface area (Å²) in [6.45, 7) is 0.277. The molecule has 178 valence electrons. The van der Waals surface area contributed by atoms with Crippen molar-refractivity contribution in [2.75, 3.05) is 0 Å². The highest BCUT2D eigenvalue weighted by Crippen LogP contribution is 2.28. The van der Waals surface area contributed by atoms with Gasteiger partial charge in [0.1, 0.15) is 0 Å². The third-order valence-electron chi connectivity index (χ3n) is 5.58. The van der Waals surface area contributed by atoms with E-state index in [1.807, 2.05) is 18.2 Å². The molecule has 1 fully saturated rings. The van der Waals surface area contributed by atoms with E-state index < -0.39 is 5.91 Å². The number of carbonyl (C=O) groups excluding carboxylic acids is 3. The molecule has 3 aromatic carbocycles. The maximum atomic E-state index is 12.9. The Balaban J connectivity index is 1.45. The van der Waals surface area contributed by atoms with E-state index in [1.165, 1.54) is 0 Å². The quantitative estimate of drug-likeness (QED) is 0.164. The Morgan fingerprint density at radius 3 is 2.14 bits per heavy atom. The van der Waals surface area contributed by atoms with Gasteiger partial charge >= 0.3 is 0 Å². The van der Waals surface area contributed by atoms with Crippen molar-refractivity contribution in [3.63, 3.8) is 0 Å². The van der Waals surface area contributed by atoms with Gasteiger partial charge in [-0.2, -0.15) is 0 Å². The molecule has 0 unspecified atom stereocenters. The average molecular weight is 490 g/mol. The molecule has 1 saturated carbocycles. The third-order valence-corrected chi connectivity index (χ3v) is 5.91. The summed E-state index contributed by atoms with van der Waals surface area (Å²) in [5.41, 5.74) is 5.05. The van der Waals surface area contributed by atoms with Gasteiger partial charge in [0.05, 0.1) is 0 Å². The predicted octanol–water partition coefficient (Wildman–Crippen LogP) is 4.21. The van der Waals surface area contributed by atoms with Crippen molar-refractivity contribution in [1.82, 2.24) is 16.1 Å². The van der Waals surface area contributed by atoms with Crippen LogP contribution in [0.1, 0.15) is 50.2 Å².